The second-order valence-electron chi connectivity index (χ2n) is 36.5. The zero-order valence-electron chi connectivity index (χ0n) is 84.1. The van der Waals surface area contributed by atoms with Crippen LogP contribution in [0.2, 0.25) is 0 Å². The van der Waals surface area contributed by atoms with Gasteiger partial charge in [0.1, 0.15) is 96.7 Å². The van der Waals surface area contributed by atoms with Crippen LogP contribution in [-0.4, -0.2) is 361 Å². The van der Waals surface area contributed by atoms with E-state index in [4.69, 9.17) is 22.3 Å². The highest BCUT2D eigenvalue weighted by atomic mass is 32.2. The molecule has 0 radical (unpaired) electrons. The first-order valence-electron chi connectivity index (χ1n) is 48.1. The lowest BCUT2D eigenvalue weighted by atomic mass is 9.99. The molecule has 54 nitrogen and oxygen atoms in total. The summed E-state index contributed by atoms with van der Waals surface area (Å²) in [6.07, 6.45) is -6.51. The van der Waals surface area contributed by atoms with Crippen molar-refractivity contribution < 1.29 is 156 Å². The number of unbranched alkanes of at least 4 members (excludes halogenated alkanes) is 1. The summed E-state index contributed by atoms with van der Waals surface area (Å²) in [6, 6.07) is -11.2. The number of rotatable bonds is 69. The maximum absolute atomic E-state index is 14.7. The van der Waals surface area contributed by atoms with Crippen LogP contribution in [0.25, 0.3) is 0 Å². The second kappa shape index (κ2) is 66.1. The third-order valence-corrected chi connectivity index (χ3v) is 23.6. The van der Waals surface area contributed by atoms with Gasteiger partial charge in [-0.05, 0) is 139 Å². The van der Waals surface area contributed by atoms with E-state index in [0.29, 0.717) is 24.0 Å². The molecule has 20 amide bonds. The number of aliphatic hydroxyl groups is 4. The van der Waals surface area contributed by atoms with Crippen molar-refractivity contribution >= 4 is 154 Å². The number of nitrogens with one attached hydrogen (secondary N) is 18. The predicted molar refractivity (Wildman–Crippen MR) is 526 cm³/mol. The number of carboxylic acids is 4. The van der Waals surface area contributed by atoms with Gasteiger partial charge in [-0.2, -0.15) is 11.8 Å². The molecule has 32 N–H and O–H groups in total. The molecular weight excluding hydrogens is 1970 g/mol. The van der Waals surface area contributed by atoms with Crippen molar-refractivity contribution in [1.82, 2.24) is 101 Å². The first-order chi connectivity index (χ1) is 69.7. The lowest BCUT2D eigenvalue weighted by Crippen LogP contribution is -2.62. The predicted octanol–water partition coefficient (Wildman–Crippen LogP) is -9.64. The minimum absolute atomic E-state index is 0.0152. The number of aliphatic carboxylic acids is 4. The van der Waals surface area contributed by atoms with E-state index < -0.39 is 347 Å². The number of hydrogen-bond acceptors (Lipinski definition) is 31. The minimum Gasteiger partial charge on any atom is -0.481 e. The van der Waals surface area contributed by atoms with Gasteiger partial charge in [-0.15, -0.1) is 0 Å². The van der Waals surface area contributed by atoms with E-state index in [1.807, 2.05) is 5.32 Å². The van der Waals surface area contributed by atoms with Crippen LogP contribution in [-0.2, 0) is 128 Å². The fourth-order valence-electron chi connectivity index (χ4n) is 14.8. The van der Waals surface area contributed by atoms with Crippen molar-refractivity contribution in [1.29, 1.82) is 0 Å². The summed E-state index contributed by atoms with van der Waals surface area (Å²) in [7, 11) is 0. The van der Waals surface area contributed by atoms with Crippen molar-refractivity contribution in [2.45, 2.75) is 286 Å². The van der Waals surface area contributed by atoms with E-state index in [0.717, 1.165) is 13.8 Å². The van der Waals surface area contributed by atoms with Crippen molar-refractivity contribution in [2.75, 3.05) is 57.9 Å². The smallest absolute Gasteiger partial charge is 0.328 e. The number of nitrogens with zero attached hydrogens (tertiary/aromatic N) is 1. The average Bonchev–Trinajstić information content (AvgIpc) is 1.64. The molecule has 0 unspecified atom stereocenters. The van der Waals surface area contributed by atoms with Crippen LogP contribution >= 0.6 is 11.8 Å². The third kappa shape index (κ3) is 46.7. The summed E-state index contributed by atoms with van der Waals surface area (Å²) in [5.74, 6) is -28.4. The minimum atomic E-state index is -1.94. The zero-order valence-corrected chi connectivity index (χ0v) is 84.9. The number of carboxylic acid groups (broad SMARTS) is 4. The Kier molecular flexibility index (Phi) is 57.2. The average molecular weight is 2110 g/mol. The molecule has 2 aromatic carbocycles. The summed E-state index contributed by atoms with van der Waals surface area (Å²) in [4.78, 5) is 324. The van der Waals surface area contributed by atoms with Gasteiger partial charge in [-0.25, -0.2) is 4.79 Å². The Morgan fingerprint density at radius 2 is 0.750 bits per heavy atom. The van der Waals surface area contributed by atoms with Crippen molar-refractivity contribution in [3.05, 3.63) is 71.8 Å². The van der Waals surface area contributed by atoms with Gasteiger partial charge >= 0.3 is 23.9 Å². The number of nitrogens with two attached hydrogens (primary N) is 3. The topological polar surface area (TPSA) is 869 Å². The van der Waals surface area contributed by atoms with E-state index in [1.54, 1.807) is 80.8 Å². The van der Waals surface area contributed by atoms with Crippen molar-refractivity contribution in [3.8, 4) is 0 Å². The molecule has 0 aliphatic carbocycles. The first-order valence-corrected chi connectivity index (χ1v) is 49.5. The highest BCUT2D eigenvalue weighted by Gasteiger charge is 2.43. The molecule has 1 aliphatic rings. The van der Waals surface area contributed by atoms with Crippen LogP contribution in [0.1, 0.15) is 170 Å². The molecule has 1 aliphatic heterocycles. The molecule has 1 heterocycles. The highest BCUT2D eigenvalue weighted by Crippen LogP contribution is 2.22. The van der Waals surface area contributed by atoms with E-state index in [2.05, 4.69) is 90.4 Å². The number of likely N-dealkylation sites (tertiary alicyclic amines) is 1. The fraction of sp³-hybridized carbons (Fsp3) is 0.613. The van der Waals surface area contributed by atoms with Crippen LogP contribution in [0.15, 0.2) is 60.7 Å². The molecule has 1 fully saturated rings. The fourth-order valence-corrected chi connectivity index (χ4v) is 15.2. The van der Waals surface area contributed by atoms with Gasteiger partial charge in [0.15, 0.2) is 0 Å². The Labute approximate surface area is 857 Å². The summed E-state index contributed by atoms with van der Waals surface area (Å²) in [5.41, 5.74) is 18.1. The molecule has 3 rings (SSSR count). The van der Waals surface area contributed by atoms with Crippen LogP contribution in [0, 0.1) is 17.8 Å². The Bertz CT molecular complexity index is 4870. The lowest BCUT2D eigenvalue weighted by Gasteiger charge is -2.30. The first kappa shape index (κ1) is 128. The van der Waals surface area contributed by atoms with Gasteiger partial charge in [-0.1, -0.05) is 102 Å². The SMILES string of the molecule is CSCC[C@H](NC(=O)[C@@H](NC(=O)[C@H](CO)NC(=O)CNC(=O)[C@H](CCCCN)NC(=O)[C@H](Cc1ccccc1)NC(=O)[C@@H](NC(=O)[C@H](CCC(=O)O)NC(=O)[C@H](CCC(N)=O)NC(=O)[C@@H](NC(=O)[C@H](Cc1ccccc1)NC(=O)[C@@H](N)CCC(=O)O)[C@@H](C)O)C(C)C)C(C)C)C(=O)N[C@@H](CCC(=O)O)C(=O)NCC(=O)N[C@@H](C)C(=O)N[C@@H](CC(C)C)C(=O)N1CCC[C@H]1C(=O)NCC(=O)N[C@H](C(=O)N[C@@H](CO)C(=O)O)[C@@H](C)O. The number of primary amides is 1. The molecule has 55 heteroatoms. The maximum Gasteiger partial charge on any atom is 0.328 e. The van der Waals surface area contributed by atoms with Gasteiger partial charge < -0.3 is 159 Å². The molecule has 1 saturated heterocycles. The molecule has 824 valence electrons. The number of benzene rings is 2. The molecule has 148 heavy (non-hydrogen) atoms. The molecule has 2 aromatic rings. The molecule has 19 atom stereocenters. The number of carbonyl (C=O) groups excluding carboxylic acids is 20. The molecule has 0 spiro atoms. The number of amides is 20. The largest absolute Gasteiger partial charge is 0.481 e. The molecule has 0 bridgehead atoms. The van der Waals surface area contributed by atoms with E-state index in [9.17, 15) is 151 Å². The Hall–Kier alpha value is -14.2. The Morgan fingerprint density at radius 1 is 0.385 bits per heavy atom. The van der Waals surface area contributed by atoms with Crippen LogP contribution in [0.5, 0.6) is 0 Å². The third-order valence-electron chi connectivity index (χ3n) is 23.0. The normalized spacial score (nSPS) is 15.8. The quantitative estimate of drug-likeness (QED) is 0.0274. The van der Waals surface area contributed by atoms with Crippen molar-refractivity contribution in [2.24, 2.45) is 35.0 Å². The summed E-state index contributed by atoms with van der Waals surface area (Å²) >= 11 is 1.22. The molecular formula is C93H144N22O32S. The van der Waals surface area contributed by atoms with Gasteiger partial charge in [0, 0.05) is 45.1 Å². The van der Waals surface area contributed by atoms with Gasteiger partial charge in [-0.3, -0.25) is 110 Å². The van der Waals surface area contributed by atoms with Crippen LogP contribution < -0.4 is 113 Å². The van der Waals surface area contributed by atoms with E-state index >= 15 is 0 Å². The number of hydrogen-bond donors (Lipinski definition) is 29. The standard InChI is InChI=1S/C93H144N22O32S/c1-46(2)38-62(92(145)115-36-19-25-65(115)87(140)99-43-69(123)111-75(50(8)118)90(143)110-64(45-117)93(146)147)109-77(130)49(7)100-67(121)41-97-80(133)56(28-32-71(126)127)103-82(135)59(34-37-148-10)106-88(141)73(47(3)4)113-86(139)63(44-116)101-68(122)42-98-79(132)55(24-17-18-35-94)102-84(137)60(39-52-20-13-11-14-21-52)108-89(142)74(48(5)6)112-83(136)58(29-33-72(128)129)104-81(134)57(27-30-66(96)120)105-91(144)76(51(9)119)114-85(138)61(40-53-22-15-12-16-23-53)107-78(131)54(95)26-31-70(124)125/h11-16,20-23,46-51,54-65,73-76,116-119H,17-19,24-45,94-95H2,1-10H3,(H2,96,120)(H,97,133)(H,98,132)(H,99,140)(H,100,121)(H,101,122)(H,102,137)(H,103,135)(H,104,134)(H,105,144)(H,106,141)(H,107,131)(H,108,142)(H,109,130)(H,110,143)(H,111,123)(H,112,136)(H,113,139)(H,114,138)(H,124,125)(H,126,127)(H,128,129)(H,146,147)/t49-,50+,51+,54-,55-,56-,57-,58-,59-,60-,61-,62-,63-,64-,65-,73-,74-,75-,76-/m0/s1. The second-order valence-corrected chi connectivity index (χ2v) is 37.4. The van der Waals surface area contributed by atoms with E-state index in [1.165, 1.54) is 51.3 Å². The Morgan fingerprint density at radius 3 is 1.19 bits per heavy atom. The van der Waals surface area contributed by atoms with Gasteiger partial charge in [0.05, 0.1) is 51.1 Å². The number of carbonyl (C=O) groups is 24. The lowest BCUT2D eigenvalue weighted by molar-refractivity contribution is -0.144. The summed E-state index contributed by atoms with van der Waals surface area (Å²) < 4.78 is 0. The monoisotopic (exact) mass is 2110 g/mol. The summed E-state index contributed by atoms with van der Waals surface area (Å²) in [5, 5.41) is 121. The van der Waals surface area contributed by atoms with Crippen LogP contribution in [0.3, 0.4) is 0 Å². The van der Waals surface area contributed by atoms with Gasteiger partial charge in [0.2, 0.25) is 118 Å². The van der Waals surface area contributed by atoms with Gasteiger partial charge in [0.25, 0.3) is 0 Å². The number of aliphatic hydroxyl groups excluding tert-OH is 4. The molecule has 0 aromatic heterocycles. The van der Waals surface area contributed by atoms with Crippen molar-refractivity contribution in [3.63, 3.8) is 0 Å². The summed E-state index contributed by atoms with van der Waals surface area (Å²) in [6.45, 7) is 8.17. The zero-order chi connectivity index (χ0) is 111. The van der Waals surface area contributed by atoms with Crippen LogP contribution in [0.4, 0.5) is 0 Å². The van der Waals surface area contributed by atoms with E-state index in [-0.39, 0.29) is 76.1 Å². The Balaban J connectivity index is 1.79. The maximum atomic E-state index is 14.7. The highest BCUT2D eigenvalue weighted by molar-refractivity contribution is 7.98. The molecule has 0 saturated carbocycles. The number of thioether (sulfide) groups is 1.